The van der Waals surface area contributed by atoms with Crippen molar-refractivity contribution < 1.29 is 4.42 Å². The average Bonchev–Trinajstić information content (AvgIpc) is 2.70. The molecule has 4 heteroatoms. The monoisotopic (exact) mass is 247 g/mol. The van der Waals surface area contributed by atoms with E-state index in [0.717, 1.165) is 16.8 Å². The standard InChI is InChI=1S/C11H17NOS.ClH/c12-9-3-5-11(6-4-9)14-8-10-2-1-7-13-10;/h1-2,7,9,11H,3-6,8,12H2;1H. The normalized spacial score (nSPS) is 25.9. The van der Waals surface area contributed by atoms with Gasteiger partial charge in [-0.1, -0.05) is 0 Å². The smallest absolute Gasteiger partial charge is 0.113 e. The minimum Gasteiger partial charge on any atom is -0.468 e. The predicted molar refractivity (Wildman–Crippen MR) is 67.5 cm³/mol. The second kappa shape index (κ2) is 6.46. The molecule has 1 fully saturated rings. The maximum absolute atomic E-state index is 5.86. The molecule has 1 aromatic heterocycles. The molecule has 0 amide bonds. The van der Waals surface area contributed by atoms with Gasteiger partial charge in [-0.25, -0.2) is 0 Å². The van der Waals surface area contributed by atoms with E-state index in [4.69, 9.17) is 10.2 Å². The van der Waals surface area contributed by atoms with Crippen LogP contribution < -0.4 is 5.73 Å². The average molecular weight is 248 g/mol. The summed E-state index contributed by atoms with van der Waals surface area (Å²) >= 11 is 2.01. The summed E-state index contributed by atoms with van der Waals surface area (Å²) in [6.45, 7) is 0. The van der Waals surface area contributed by atoms with Crippen molar-refractivity contribution in [2.24, 2.45) is 5.73 Å². The van der Waals surface area contributed by atoms with Gasteiger partial charge in [-0.15, -0.1) is 12.4 Å². The number of thioether (sulfide) groups is 1. The highest BCUT2D eigenvalue weighted by atomic mass is 35.5. The summed E-state index contributed by atoms with van der Waals surface area (Å²) in [5.74, 6) is 2.09. The Bertz CT molecular complexity index is 258. The van der Waals surface area contributed by atoms with Crippen LogP contribution in [-0.2, 0) is 5.75 Å². The molecule has 2 N–H and O–H groups in total. The number of hydrogen-bond donors (Lipinski definition) is 1. The molecule has 1 aliphatic carbocycles. The Morgan fingerprint density at radius 1 is 1.33 bits per heavy atom. The van der Waals surface area contributed by atoms with E-state index in [1.54, 1.807) is 6.26 Å². The number of halogens is 1. The van der Waals surface area contributed by atoms with Gasteiger partial charge in [0.2, 0.25) is 0 Å². The van der Waals surface area contributed by atoms with Gasteiger partial charge in [0.1, 0.15) is 5.76 Å². The molecule has 0 aromatic carbocycles. The number of nitrogens with two attached hydrogens (primary N) is 1. The first-order valence-electron chi connectivity index (χ1n) is 5.24. The van der Waals surface area contributed by atoms with Crippen LogP contribution in [0.4, 0.5) is 0 Å². The second-order valence-electron chi connectivity index (χ2n) is 3.93. The van der Waals surface area contributed by atoms with Crippen LogP contribution in [0, 0.1) is 0 Å². The quantitative estimate of drug-likeness (QED) is 0.892. The van der Waals surface area contributed by atoms with Gasteiger partial charge in [0.15, 0.2) is 0 Å². The molecule has 0 saturated heterocycles. The Morgan fingerprint density at radius 3 is 2.67 bits per heavy atom. The Balaban J connectivity index is 0.00000112. The summed E-state index contributed by atoms with van der Waals surface area (Å²) in [6.07, 6.45) is 6.66. The lowest BCUT2D eigenvalue weighted by atomic mass is 9.96. The zero-order valence-electron chi connectivity index (χ0n) is 8.72. The van der Waals surface area contributed by atoms with Gasteiger partial charge in [-0.05, 0) is 37.8 Å². The molecule has 15 heavy (non-hydrogen) atoms. The van der Waals surface area contributed by atoms with E-state index in [-0.39, 0.29) is 12.4 Å². The van der Waals surface area contributed by atoms with Crippen molar-refractivity contribution in [1.29, 1.82) is 0 Å². The van der Waals surface area contributed by atoms with Crippen LogP contribution in [0.15, 0.2) is 22.8 Å². The first-order chi connectivity index (χ1) is 6.84. The molecular weight excluding hydrogens is 230 g/mol. The highest BCUT2D eigenvalue weighted by molar-refractivity contribution is 7.99. The van der Waals surface area contributed by atoms with Crippen molar-refractivity contribution in [3.8, 4) is 0 Å². The molecule has 0 bridgehead atoms. The maximum Gasteiger partial charge on any atom is 0.113 e. The molecule has 86 valence electrons. The van der Waals surface area contributed by atoms with E-state index in [1.165, 1.54) is 25.7 Å². The molecule has 1 aliphatic rings. The van der Waals surface area contributed by atoms with Gasteiger partial charge in [0.05, 0.1) is 12.0 Å². The van der Waals surface area contributed by atoms with Gasteiger partial charge in [0, 0.05) is 11.3 Å². The van der Waals surface area contributed by atoms with Crippen LogP contribution in [0.1, 0.15) is 31.4 Å². The second-order valence-corrected chi connectivity index (χ2v) is 5.22. The fraction of sp³-hybridized carbons (Fsp3) is 0.636. The SMILES string of the molecule is Cl.NC1CCC(SCc2ccco2)CC1. The zero-order valence-corrected chi connectivity index (χ0v) is 10.4. The third kappa shape index (κ3) is 4.09. The first-order valence-corrected chi connectivity index (χ1v) is 6.29. The summed E-state index contributed by atoms with van der Waals surface area (Å²) in [5.41, 5.74) is 5.86. The van der Waals surface area contributed by atoms with Crippen molar-refractivity contribution >= 4 is 24.2 Å². The minimum atomic E-state index is 0. The minimum absolute atomic E-state index is 0. The molecule has 1 aromatic rings. The maximum atomic E-state index is 5.86. The fourth-order valence-corrected chi connectivity index (χ4v) is 3.02. The van der Waals surface area contributed by atoms with Crippen molar-refractivity contribution in [2.45, 2.75) is 42.7 Å². The van der Waals surface area contributed by atoms with E-state index < -0.39 is 0 Å². The predicted octanol–water partition coefficient (Wildman–Crippen LogP) is 3.20. The van der Waals surface area contributed by atoms with Crippen LogP contribution in [0.2, 0.25) is 0 Å². The van der Waals surface area contributed by atoms with Gasteiger partial charge < -0.3 is 10.2 Å². The third-order valence-electron chi connectivity index (χ3n) is 2.76. The van der Waals surface area contributed by atoms with Crippen molar-refractivity contribution in [3.05, 3.63) is 24.2 Å². The van der Waals surface area contributed by atoms with Gasteiger partial charge in [-0.3, -0.25) is 0 Å². The molecule has 0 radical (unpaired) electrons. The van der Waals surface area contributed by atoms with Crippen molar-refractivity contribution in [2.75, 3.05) is 0 Å². The van der Waals surface area contributed by atoms with E-state index in [2.05, 4.69) is 0 Å². The van der Waals surface area contributed by atoms with Gasteiger partial charge >= 0.3 is 0 Å². The first kappa shape index (κ1) is 12.9. The molecule has 2 rings (SSSR count). The highest BCUT2D eigenvalue weighted by Gasteiger charge is 2.18. The third-order valence-corrected chi connectivity index (χ3v) is 4.15. The number of rotatable bonds is 3. The van der Waals surface area contributed by atoms with Crippen LogP contribution >= 0.6 is 24.2 Å². The van der Waals surface area contributed by atoms with Crippen molar-refractivity contribution in [1.82, 2.24) is 0 Å². The van der Waals surface area contributed by atoms with Crippen LogP contribution in [0.5, 0.6) is 0 Å². The summed E-state index contributed by atoms with van der Waals surface area (Å²) in [5, 5.41) is 0.792. The molecule has 0 unspecified atom stereocenters. The molecule has 0 aliphatic heterocycles. The van der Waals surface area contributed by atoms with Crippen LogP contribution in [-0.4, -0.2) is 11.3 Å². The van der Waals surface area contributed by atoms with Crippen LogP contribution in [0.3, 0.4) is 0 Å². The highest BCUT2D eigenvalue weighted by Crippen LogP contribution is 2.30. The Kier molecular flexibility index (Phi) is 5.58. The van der Waals surface area contributed by atoms with Crippen molar-refractivity contribution in [3.63, 3.8) is 0 Å². The van der Waals surface area contributed by atoms with Gasteiger partial charge in [0.25, 0.3) is 0 Å². The van der Waals surface area contributed by atoms with E-state index >= 15 is 0 Å². The number of furan rings is 1. The Morgan fingerprint density at radius 2 is 2.07 bits per heavy atom. The Labute approximate surface area is 101 Å². The topological polar surface area (TPSA) is 39.2 Å². The lowest BCUT2D eigenvalue weighted by Crippen LogP contribution is -2.27. The molecule has 0 atom stereocenters. The van der Waals surface area contributed by atoms with Gasteiger partial charge in [-0.2, -0.15) is 11.8 Å². The number of hydrogen-bond acceptors (Lipinski definition) is 3. The van der Waals surface area contributed by atoms with E-state index in [0.29, 0.717) is 6.04 Å². The summed E-state index contributed by atoms with van der Waals surface area (Å²) in [6, 6.07) is 4.45. The molecule has 1 saturated carbocycles. The fourth-order valence-electron chi connectivity index (χ4n) is 1.85. The van der Waals surface area contributed by atoms with E-state index in [1.807, 2.05) is 23.9 Å². The molecule has 0 spiro atoms. The Hall–Kier alpha value is -0.120. The summed E-state index contributed by atoms with van der Waals surface area (Å²) in [4.78, 5) is 0. The van der Waals surface area contributed by atoms with Crippen LogP contribution in [0.25, 0.3) is 0 Å². The lowest BCUT2D eigenvalue weighted by Gasteiger charge is -2.25. The molecular formula is C11H18ClNOS. The summed E-state index contributed by atoms with van der Waals surface area (Å²) in [7, 11) is 0. The molecule has 1 heterocycles. The lowest BCUT2D eigenvalue weighted by molar-refractivity contribution is 0.450. The van der Waals surface area contributed by atoms with E-state index in [9.17, 15) is 0 Å². The molecule has 2 nitrogen and oxygen atoms in total. The summed E-state index contributed by atoms with van der Waals surface area (Å²) < 4.78 is 5.30. The zero-order chi connectivity index (χ0) is 9.80. The largest absolute Gasteiger partial charge is 0.468 e.